The summed E-state index contributed by atoms with van der Waals surface area (Å²) in [5, 5.41) is 0. The number of rotatable bonds is 3. The number of oxazole rings is 1. The van der Waals surface area contributed by atoms with Gasteiger partial charge >= 0.3 is 11.9 Å². The van der Waals surface area contributed by atoms with Gasteiger partial charge in [-0.3, -0.25) is 0 Å². The number of ether oxygens (including phenoxy) is 1. The van der Waals surface area contributed by atoms with Crippen molar-refractivity contribution in [2.75, 3.05) is 0 Å². The van der Waals surface area contributed by atoms with Crippen LogP contribution in [0.4, 0.5) is 0 Å². The molecule has 1 heterocycles. The molecule has 0 N–H and O–H groups in total. The number of hydrogen-bond donors (Lipinski definition) is 0. The third-order valence-electron chi connectivity index (χ3n) is 2.74. The molecular weight excluding hydrogens is 369 g/mol. The first kappa shape index (κ1) is 13.1. The van der Waals surface area contributed by atoms with Crippen LogP contribution in [-0.4, -0.2) is 11.0 Å². The predicted molar refractivity (Wildman–Crippen MR) is 82.3 cm³/mol. The average molecular weight is 379 g/mol. The molecule has 0 radical (unpaired) electrons. The Hall–Kier alpha value is -1.89. The highest BCUT2D eigenvalue weighted by atomic mass is 127. The second-order valence-corrected chi connectivity index (χ2v) is 5.44. The molecule has 0 atom stereocenters. The van der Waals surface area contributed by atoms with Gasteiger partial charge in [-0.15, -0.1) is 0 Å². The molecule has 100 valence electrons. The van der Waals surface area contributed by atoms with E-state index < -0.39 is 5.97 Å². The lowest BCUT2D eigenvalue weighted by atomic mass is 10.2. The van der Waals surface area contributed by atoms with Crippen LogP contribution >= 0.6 is 22.6 Å². The number of hydrogen-bond acceptors (Lipinski definition) is 4. The van der Waals surface area contributed by atoms with E-state index in [-0.39, 0.29) is 12.5 Å². The van der Waals surface area contributed by atoms with E-state index in [4.69, 9.17) is 9.15 Å². The lowest BCUT2D eigenvalue weighted by molar-refractivity contribution is 0.0429. The highest BCUT2D eigenvalue weighted by Crippen LogP contribution is 2.19. The average Bonchev–Trinajstić information content (AvgIpc) is 2.89. The summed E-state index contributed by atoms with van der Waals surface area (Å²) >= 11 is 2.17. The Labute approximate surface area is 128 Å². The Morgan fingerprint density at radius 1 is 1.20 bits per heavy atom. The predicted octanol–water partition coefficient (Wildman–Crippen LogP) is 3.79. The van der Waals surface area contributed by atoms with Crippen molar-refractivity contribution in [1.29, 1.82) is 0 Å². The fraction of sp³-hybridized carbons (Fsp3) is 0.0667. The van der Waals surface area contributed by atoms with Gasteiger partial charge in [0.15, 0.2) is 5.58 Å². The number of halogens is 1. The van der Waals surface area contributed by atoms with E-state index in [0.717, 1.165) is 9.13 Å². The lowest BCUT2D eigenvalue weighted by Gasteiger charge is -2.01. The third kappa shape index (κ3) is 2.82. The second kappa shape index (κ2) is 5.62. The second-order valence-electron chi connectivity index (χ2n) is 4.19. The summed E-state index contributed by atoms with van der Waals surface area (Å²) in [6.45, 7) is 0.204. The van der Waals surface area contributed by atoms with Gasteiger partial charge in [-0.05, 0) is 46.4 Å². The van der Waals surface area contributed by atoms with Crippen molar-refractivity contribution in [1.82, 2.24) is 4.98 Å². The minimum atomic E-state index is -0.555. The molecule has 5 heteroatoms. The number of benzene rings is 2. The topological polar surface area (TPSA) is 52.3 Å². The zero-order valence-electron chi connectivity index (χ0n) is 10.4. The van der Waals surface area contributed by atoms with E-state index >= 15 is 0 Å². The summed E-state index contributed by atoms with van der Waals surface area (Å²) < 4.78 is 11.6. The van der Waals surface area contributed by atoms with Crippen LogP contribution < -0.4 is 0 Å². The molecule has 0 saturated heterocycles. The number of nitrogens with zero attached hydrogens (tertiary/aromatic N) is 1. The molecule has 1 aromatic heterocycles. The maximum absolute atomic E-state index is 11.9. The third-order valence-corrected chi connectivity index (χ3v) is 3.41. The maximum Gasteiger partial charge on any atom is 0.395 e. The van der Waals surface area contributed by atoms with Gasteiger partial charge in [0.05, 0.1) is 0 Å². The summed E-state index contributed by atoms with van der Waals surface area (Å²) in [6.07, 6.45) is 0. The van der Waals surface area contributed by atoms with Crippen molar-refractivity contribution in [2.24, 2.45) is 0 Å². The van der Waals surface area contributed by atoms with Gasteiger partial charge in [0, 0.05) is 3.57 Å². The number of carbonyl (C=O) groups is 1. The van der Waals surface area contributed by atoms with Crippen LogP contribution in [0.3, 0.4) is 0 Å². The molecule has 0 aliphatic rings. The standard InChI is InChI=1S/C15H10INO3/c16-11-6-7-12-13(8-11)20-14(17-12)15(18)19-9-10-4-2-1-3-5-10/h1-8H,9H2. The molecule has 0 bridgehead atoms. The minimum absolute atomic E-state index is 0.0158. The smallest absolute Gasteiger partial charge is 0.395 e. The van der Waals surface area contributed by atoms with Gasteiger partial charge in [-0.2, -0.15) is 0 Å². The van der Waals surface area contributed by atoms with Gasteiger partial charge in [-0.1, -0.05) is 30.3 Å². The number of carbonyl (C=O) groups excluding carboxylic acids is 1. The Morgan fingerprint density at radius 3 is 2.80 bits per heavy atom. The van der Waals surface area contributed by atoms with Crippen molar-refractivity contribution in [3.63, 3.8) is 0 Å². The molecule has 0 fully saturated rings. The van der Waals surface area contributed by atoms with E-state index in [9.17, 15) is 4.79 Å². The summed E-state index contributed by atoms with van der Waals surface area (Å²) in [5.74, 6) is -0.571. The van der Waals surface area contributed by atoms with Crippen molar-refractivity contribution in [3.8, 4) is 0 Å². The van der Waals surface area contributed by atoms with Gasteiger partial charge in [0.25, 0.3) is 0 Å². The zero-order chi connectivity index (χ0) is 13.9. The summed E-state index contributed by atoms with van der Waals surface area (Å²) in [7, 11) is 0. The normalized spacial score (nSPS) is 10.7. The molecule has 3 aromatic rings. The number of aromatic nitrogens is 1. The van der Waals surface area contributed by atoms with E-state index in [1.165, 1.54) is 0 Å². The van der Waals surface area contributed by atoms with E-state index in [1.807, 2.05) is 48.5 Å². The molecule has 0 aliphatic carbocycles. The highest BCUT2D eigenvalue weighted by molar-refractivity contribution is 14.1. The Kier molecular flexibility index (Phi) is 3.68. The first-order chi connectivity index (χ1) is 9.72. The molecule has 0 unspecified atom stereocenters. The quantitative estimate of drug-likeness (QED) is 0.513. The lowest BCUT2D eigenvalue weighted by Crippen LogP contribution is -2.05. The Balaban J connectivity index is 1.75. The Morgan fingerprint density at radius 2 is 2.00 bits per heavy atom. The fourth-order valence-electron chi connectivity index (χ4n) is 1.77. The van der Waals surface area contributed by atoms with Crippen LogP contribution in [0.25, 0.3) is 11.1 Å². The molecule has 0 aliphatic heterocycles. The number of esters is 1. The fourth-order valence-corrected chi connectivity index (χ4v) is 2.23. The van der Waals surface area contributed by atoms with Crippen molar-refractivity contribution < 1.29 is 13.9 Å². The van der Waals surface area contributed by atoms with Crippen molar-refractivity contribution in [2.45, 2.75) is 6.61 Å². The summed E-state index contributed by atoms with van der Waals surface area (Å²) in [6, 6.07) is 15.0. The first-order valence-electron chi connectivity index (χ1n) is 5.99. The van der Waals surface area contributed by atoms with Crippen LogP contribution in [0.1, 0.15) is 16.2 Å². The molecule has 3 rings (SSSR count). The van der Waals surface area contributed by atoms with Crippen LogP contribution in [0.15, 0.2) is 52.9 Å². The first-order valence-corrected chi connectivity index (χ1v) is 7.07. The largest absolute Gasteiger partial charge is 0.454 e. The SMILES string of the molecule is O=C(OCc1ccccc1)c1nc2ccc(I)cc2o1. The van der Waals surface area contributed by atoms with E-state index in [0.29, 0.717) is 11.1 Å². The van der Waals surface area contributed by atoms with Crippen molar-refractivity contribution in [3.05, 3.63) is 63.6 Å². The highest BCUT2D eigenvalue weighted by Gasteiger charge is 2.16. The molecule has 0 spiro atoms. The molecule has 2 aromatic carbocycles. The van der Waals surface area contributed by atoms with Crippen LogP contribution in [-0.2, 0) is 11.3 Å². The van der Waals surface area contributed by atoms with E-state index in [1.54, 1.807) is 0 Å². The molecular formula is C15H10INO3. The maximum atomic E-state index is 11.9. The van der Waals surface area contributed by atoms with Crippen molar-refractivity contribution >= 4 is 39.7 Å². The van der Waals surface area contributed by atoms with Crippen LogP contribution in [0.5, 0.6) is 0 Å². The number of fused-ring (bicyclic) bond motifs is 1. The van der Waals surface area contributed by atoms with Gasteiger partial charge < -0.3 is 9.15 Å². The molecule has 4 nitrogen and oxygen atoms in total. The molecule has 0 saturated carbocycles. The summed E-state index contributed by atoms with van der Waals surface area (Å²) in [4.78, 5) is 16.0. The van der Waals surface area contributed by atoms with E-state index in [2.05, 4.69) is 27.6 Å². The van der Waals surface area contributed by atoms with Gasteiger partial charge in [0.2, 0.25) is 0 Å². The molecule has 20 heavy (non-hydrogen) atoms. The van der Waals surface area contributed by atoms with Gasteiger partial charge in [-0.25, -0.2) is 9.78 Å². The molecule has 0 amide bonds. The summed E-state index contributed by atoms with van der Waals surface area (Å²) in [5.41, 5.74) is 2.16. The van der Waals surface area contributed by atoms with Crippen LogP contribution in [0, 0.1) is 3.57 Å². The Bertz CT molecular complexity index is 752. The van der Waals surface area contributed by atoms with Crippen LogP contribution in [0.2, 0.25) is 0 Å². The monoisotopic (exact) mass is 379 g/mol. The minimum Gasteiger partial charge on any atom is -0.454 e. The van der Waals surface area contributed by atoms with Gasteiger partial charge in [0.1, 0.15) is 12.1 Å². The zero-order valence-corrected chi connectivity index (χ0v) is 12.5.